The SMILES string of the molecule is CCN1C(=O)C(C)(C)COc2cc(NC(=O)C(C)(C)Oc3ccc(Cl)cc3)ccc21. The Morgan fingerprint density at radius 3 is 2.53 bits per heavy atom. The molecule has 6 nitrogen and oxygen atoms in total. The number of amides is 2. The molecular formula is C23H27ClN2O4. The molecule has 0 saturated carbocycles. The van der Waals surface area contributed by atoms with Gasteiger partial charge in [-0.05, 0) is 71.0 Å². The summed E-state index contributed by atoms with van der Waals surface area (Å²) >= 11 is 5.90. The minimum Gasteiger partial charge on any atom is -0.490 e. The fourth-order valence-electron chi connectivity index (χ4n) is 3.16. The standard InChI is InChI=1S/C23H27ClN2O4/c1-6-26-18-12-9-16(13-19(18)29-14-22(2,3)21(26)28)25-20(27)23(4,5)30-17-10-7-15(24)8-11-17/h7-13H,6,14H2,1-5H3,(H,25,27). The summed E-state index contributed by atoms with van der Waals surface area (Å²) < 4.78 is 11.8. The molecule has 160 valence electrons. The highest BCUT2D eigenvalue weighted by atomic mass is 35.5. The van der Waals surface area contributed by atoms with E-state index in [-0.39, 0.29) is 18.4 Å². The first-order valence-corrected chi connectivity index (χ1v) is 10.3. The Hall–Kier alpha value is -2.73. The van der Waals surface area contributed by atoms with Gasteiger partial charge < -0.3 is 19.7 Å². The van der Waals surface area contributed by atoms with E-state index < -0.39 is 11.0 Å². The van der Waals surface area contributed by atoms with Gasteiger partial charge in [0.05, 0.1) is 11.1 Å². The highest BCUT2D eigenvalue weighted by Gasteiger charge is 2.37. The number of rotatable bonds is 5. The molecule has 0 fully saturated rings. The molecule has 3 rings (SSSR count). The van der Waals surface area contributed by atoms with Crippen molar-refractivity contribution in [2.45, 2.75) is 40.2 Å². The number of carbonyl (C=O) groups excluding carboxylic acids is 2. The lowest BCUT2D eigenvalue weighted by atomic mass is 9.93. The topological polar surface area (TPSA) is 67.9 Å². The van der Waals surface area contributed by atoms with Crippen molar-refractivity contribution >= 4 is 34.8 Å². The summed E-state index contributed by atoms with van der Waals surface area (Å²) in [6, 6.07) is 12.1. The number of anilines is 2. The molecule has 7 heteroatoms. The van der Waals surface area contributed by atoms with E-state index in [1.165, 1.54) is 0 Å². The quantitative estimate of drug-likeness (QED) is 0.731. The molecule has 1 heterocycles. The first-order chi connectivity index (χ1) is 14.0. The molecule has 0 atom stereocenters. The highest BCUT2D eigenvalue weighted by molar-refractivity contribution is 6.30. The monoisotopic (exact) mass is 430 g/mol. The van der Waals surface area contributed by atoms with E-state index in [9.17, 15) is 9.59 Å². The lowest BCUT2D eigenvalue weighted by molar-refractivity contribution is -0.128. The third-order valence-corrected chi connectivity index (χ3v) is 5.22. The van der Waals surface area contributed by atoms with Gasteiger partial charge in [-0.3, -0.25) is 9.59 Å². The molecule has 0 radical (unpaired) electrons. The summed E-state index contributed by atoms with van der Waals surface area (Å²) in [5.41, 5.74) is -0.487. The zero-order valence-corrected chi connectivity index (χ0v) is 18.7. The number of hydrogen-bond acceptors (Lipinski definition) is 4. The van der Waals surface area contributed by atoms with Crippen molar-refractivity contribution in [2.24, 2.45) is 5.41 Å². The van der Waals surface area contributed by atoms with Crippen LogP contribution in [0.5, 0.6) is 11.5 Å². The van der Waals surface area contributed by atoms with Crippen molar-refractivity contribution in [1.82, 2.24) is 0 Å². The van der Waals surface area contributed by atoms with E-state index in [1.807, 2.05) is 20.8 Å². The third-order valence-electron chi connectivity index (χ3n) is 4.97. The Kier molecular flexibility index (Phi) is 5.99. The number of ether oxygens (including phenoxy) is 2. The fraction of sp³-hybridized carbons (Fsp3) is 0.391. The van der Waals surface area contributed by atoms with Crippen LogP contribution in [0.4, 0.5) is 11.4 Å². The first kappa shape index (κ1) is 22.0. The largest absolute Gasteiger partial charge is 0.490 e. The van der Waals surface area contributed by atoms with Crippen LogP contribution in [0, 0.1) is 5.41 Å². The van der Waals surface area contributed by atoms with Crippen LogP contribution in [0.1, 0.15) is 34.6 Å². The molecule has 2 amide bonds. The van der Waals surface area contributed by atoms with Crippen LogP contribution in [0.25, 0.3) is 0 Å². The number of halogens is 1. The van der Waals surface area contributed by atoms with Crippen molar-refractivity contribution in [3.63, 3.8) is 0 Å². The van der Waals surface area contributed by atoms with Gasteiger partial charge in [0.15, 0.2) is 5.60 Å². The number of fused-ring (bicyclic) bond motifs is 1. The Morgan fingerprint density at radius 2 is 1.90 bits per heavy atom. The second-order valence-corrected chi connectivity index (χ2v) is 8.86. The van der Waals surface area contributed by atoms with Crippen LogP contribution < -0.4 is 19.7 Å². The third kappa shape index (κ3) is 4.54. The number of carbonyl (C=O) groups is 2. The molecule has 0 unspecified atom stereocenters. The normalized spacial score (nSPS) is 15.7. The highest BCUT2D eigenvalue weighted by Crippen LogP contribution is 2.38. The maximum Gasteiger partial charge on any atom is 0.267 e. The summed E-state index contributed by atoms with van der Waals surface area (Å²) in [5.74, 6) is 0.807. The average molecular weight is 431 g/mol. The van der Waals surface area contributed by atoms with E-state index in [0.717, 1.165) is 0 Å². The molecule has 0 aliphatic carbocycles. The van der Waals surface area contributed by atoms with Crippen LogP contribution in [0.15, 0.2) is 42.5 Å². The van der Waals surface area contributed by atoms with Gasteiger partial charge in [-0.15, -0.1) is 0 Å². The van der Waals surface area contributed by atoms with Crippen LogP contribution in [0.2, 0.25) is 5.02 Å². The first-order valence-electron chi connectivity index (χ1n) is 9.88. The summed E-state index contributed by atoms with van der Waals surface area (Å²) in [4.78, 5) is 27.4. The van der Waals surface area contributed by atoms with E-state index in [4.69, 9.17) is 21.1 Å². The van der Waals surface area contributed by atoms with Crippen LogP contribution in [-0.2, 0) is 9.59 Å². The summed E-state index contributed by atoms with van der Waals surface area (Å²) in [6.07, 6.45) is 0. The Morgan fingerprint density at radius 1 is 1.23 bits per heavy atom. The zero-order valence-electron chi connectivity index (χ0n) is 17.9. The maximum absolute atomic E-state index is 12.8. The predicted octanol–water partition coefficient (Wildman–Crippen LogP) is 4.91. The van der Waals surface area contributed by atoms with Gasteiger partial charge in [0.1, 0.15) is 18.1 Å². The van der Waals surface area contributed by atoms with Gasteiger partial charge in [0.25, 0.3) is 5.91 Å². The molecular weight excluding hydrogens is 404 g/mol. The summed E-state index contributed by atoms with van der Waals surface area (Å²) in [6.45, 7) is 9.83. The summed E-state index contributed by atoms with van der Waals surface area (Å²) in [5, 5.41) is 3.47. The molecule has 30 heavy (non-hydrogen) atoms. The molecule has 0 spiro atoms. The molecule has 1 aliphatic rings. The maximum atomic E-state index is 12.8. The molecule has 0 aromatic heterocycles. The summed E-state index contributed by atoms with van der Waals surface area (Å²) in [7, 11) is 0. The van der Waals surface area contributed by atoms with Crippen molar-refractivity contribution in [1.29, 1.82) is 0 Å². The van der Waals surface area contributed by atoms with E-state index in [1.54, 1.807) is 61.2 Å². The van der Waals surface area contributed by atoms with E-state index >= 15 is 0 Å². The zero-order chi connectivity index (χ0) is 22.1. The molecule has 0 bridgehead atoms. The molecule has 0 saturated heterocycles. The molecule has 1 N–H and O–H groups in total. The number of nitrogens with zero attached hydrogens (tertiary/aromatic N) is 1. The Labute approximate surface area is 182 Å². The average Bonchev–Trinajstić information content (AvgIpc) is 2.78. The van der Waals surface area contributed by atoms with Gasteiger partial charge in [0.2, 0.25) is 5.91 Å². The van der Waals surface area contributed by atoms with Gasteiger partial charge in [0, 0.05) is 23.3 Å². The Balaban J connectivity index is 1.79. The van der Waals surface area contributed by atoms with Crippen LogP contribution in [-0.4, -0.2) is 30.6 Å². The fourth-order valence-corrected chi connectivity index (χ4v) is 3.29. The smallest absolute Gasteiger partial charge is 0.267 e. The van der Waals surface area contributed by atoms with Gasteiger partial charge >= 0.3 is 0 Å². The number of benzene rings is 2. The van der Waals surface area contributed by atoms with Gasteiger partial charge in [-0.2, -0.15) is 0 Å². The molecule has 2 aromatic rings. The van der Waals surface area contributed by atoms with Gasteiger partial charge in [-0.25, -0.2) is 0 Å². The van der Waals surface area contributed by atoms with Crippen molar-refractivity contribution in [2.75, 3.05) is 23.4 Å². The van der Waals surface area contributed by atoms with Crippen molar-refractivity contribution in [3.05, 3.63) is 47.5 Å². The lowest BCUT2D eigenvalue weighted by Gasteiger charge is -2.27. The Bertz CT molecular complexity index is 954. The minimum atomic E-state index is -1.12. The number of nitrogens with one attached hydrogen (secondary N) is 1. The molecule has 1 aliphatic heterocycles. The van der Waals surface area contributed by atoms with Crippen LogP contribution >= 0.6 is 11.6 Å². The van der Waals surface area contributed by atoms with E-state index in [2.05, 4.69) is 5.32 Å². The minimum absolute atomic E-state index is 0.0121. The van der Waals surface area contributed by atoms with Crippen molar-refractivity contribution in [3.8, 4) is 11.5 Å². The second kappa shape index (κ2) is 8.19. The lowest BCUT2D eigenvalue weighted by Crippen LogP contribution is -2.42. The van der Waals surface area contributed by atoms with E-state index in [0.29, 0.717) is 34.4 Å². The predicted molar refractivity (Wildman–Crippen MR) is 119 cm³/mol. The van der Waals surface area contributed by atoms with Gasteiger partial charge in [-0.1, -0.05) is 11.6 Å². The van der Waals surface area contributed by atoms with Crippen molar-refractivity contribution < 1.29 is 19.1 Å². The second-order valence-electron chi connectivity index (χ2n) is 8.42. The molecule has 2 aromatic carbocycles. The number of hydrogen-bond donors (Lipinski definition) is 1. The van der Waals surface area contributed by atoms with Crippen LogP contribution in [0.3, 0.4) is 0 Å².